The summed E-state index contributed by atoms with van der Waals surface area (Å²) in [5.74, 6) is 1.28. The van der Waals surface area contributed by atoms with Crippen LogP contribution in [0.1, 0.15) is 5.56 Å². The van der Waals surface area contributed by atoms with E-state index >= 15 is 0 Å². The molecule has 0 spiro atoms. The van der Waals surface area contributed by atoms with Crippen molar-refractivity contribution in [1.82, 2.24) is 0 Å². The average molecular weight is 427 g/mol. The van der Waals surface area contributed by atoms with E-state index in [9.17, 15) is 4.79 Å². The molecule has 1 aromatic heterocycles. The van der Waals surface area contributed by atoms with Crippen molar-refractivity contribution >= 4 is 19.0 Å². The maximum Gasteiger partial charge on any atom is 0.344 e. The highest BCUT2D eigenvalue weighted by molar-refractivity contribution is 6.76. The summed E-state index contributed by atoms with van der Waals surface area (Å²) in [7, 11) is 2.05. The molecule has 160 valence electrons. The van der Waals surface area contributed by atoms with Gasteiger partial charge in [-0.15, -0.1) is 0 Å². The standard InChI is InChI=1S/C24H30O5Si/c1-26-17-10-11-18-19(12-13-28-14-15-30(3,4)5)23(24(25)29-22(18)16-17)20-8-6-7-9-21(20)27-2/h6-11,16H,12-15H2,1-5H3. The lowest BCUT2D eigenvalue weighted by Crippen LogP contribution is -2.22. The highest BCUT2D eigenvalue weighted by atomic mass is 28.3. The van der Waals surface area contributed by atoms with Gasteiger partial charge in [0, 0.05) is 31.7 Å². The first-order chi connectivity index (χ1) is 14.3. The third-order valence-corrected chi connectivity index (χ3v) is 6.80. The van der Waals surface area contributed by atoms with Gasteiger partial charge in [-0.1, -0.05) is 37.8 Å². The molecule has 0 aliphatic heterocycles. The van der Waals surface area contributed by atoms with E-state index in [0.717, 1.165) is 29.2 Å². The minimum absolute atomic E-state index is 0.391. The van der Waals surface area contributed by atoms with Gasteiger partial charge in [-0.25, -0.2) is 4.79 Å². The second-order valence-corrected chi connectivity index (χ2v) is 14.1. The average Bonchev–Trinajstić information content (AvgIpc) is 2.72. The number of rotatable bonds is 9. The fraction of sp³-hybridized carbons (Fsp3) is 0.375. The van der Waals surface area contributed by atoms with Gasteiger partial charge < -0.3 is 18.6 Å². The highest BCUT2D eigenvalue weighted by Crippen LogP contribution is 2.34. The van der Waals surface area contributed by atoms with Gasteiger partial charge in [-0.2, -0.15) is 0 Å². The van der Waals surface area contributed by atoms with Gasteiger partial charge in [0.2, 0.25) is 0 Å². The third kappa shape index (κ3) is 5.12. The number of fused-ring (bicyclic) bond motifs is 1. The first-order valence-electron chi connectivity index (χ1n) is 10.2. The topological polar surface area (TPSA) is 57.9 Å². The van der Waals surface area contributed by atoms with Crippen molar-refractivity contribution in [3.8, 4) is 22.6 Å². The van der Waals surface area contributed by atoms with Gasteiger partial charge >= 0.3 is 5.63 Å². The number of hydrogen-bond acceptors (Lipinski definition) is 5. The number of hydrogen-bond donors (Lipinski definition) is 0. The predicted molar refractivity (Wildman–Crippen MR) is 124 cm³/mol. The smallest absolute Gasteiger partial charge is 0.344 e. The van der Waals surface area contributed by atoms with Crippen LogP contribution in [-0.2, 0) is 11.2 Å². The molecule has 3 rings (SSSR count). The second kappa shape index (κ2) is 9.49. The molecule has 0 bridgehead atoms. The van der Waals surface area contributed by atoms with Crippen LogP contribution in [0.2, 0.25) is 25.7 Å². The Balaban J connectivity index is 2.05. The van der Waals surface area contributed by atoms with E-state index in [1.807, 2.05) is 36.4 Å². The molecular formula is C24H30O5Si. The number of ether oxygens (including phenoxy) is 3. The Hall–Kier alpha value is -2.57. The number of methoxy groups -OCH3 is 2. The van der Waals surface area contributed by atoms with Crippen molar-refractivity contribution in [2.45, 2.75) is 32.1 Å². The van der Waals surface area contributed by atoms with E-state index in [2.05, 4.69) is 19.6 Å². The van der Waals surface area contributed by atoms with Crippen LogP contribution in [0.25, 0.3) is 22.1 Å². The molecule has 2 aromatic carbocycles. The normalized spacial score (nSPS) is 11.6. The zero-order chi connectivity index (χ0) is 21.7. The van der Waals surface area contributed by atoms with Gasteiger partial charge in [-0.05, 0) is 36.2 Å². The molecule has 0 fully saturated rings. The lowest BCUT2D eigenvalue weighted by atomic mass is 9.95. The Bertz CT molecular complexity index is 1070. The lowest BCUT2D eigenvalue weighted by molar-refractivity contribution is 0.150. The number of para-hydroxylation sites is 1. The summed E-state index contributed by atoms with van der Waals surface area (Å²) >= 11 is 0. The molecule has 0 aliphatic carbocycles. The fourth-order valence-electron chi connectivity index (χ4n) is 3.41. The Labute approximate surface area is 178 Å². The SMILES string of the molecule is COc1ccc2c(CCOCC[Si](C)(C)C)c(-c3ccccc3OC)c(=O)oc2c1. The zero-order valence-electron chi connectivity index (χ0n) is 18.4. The molecule has 0 aliphatic rings. The molecule has 0 radical (unpaired) electrons. The van der Waals surface area contributed by atoms with Gasteiger partial charge in [0.15, 0.2) is 0 Å². The summed E-state index contributed by atoms with van der Waals surface area (Å²) in [4.78, 5) is 13.0. The van der Waals surface area contributed by atoms with Gasteiger partial charge in [-0.3, -0.25) is 0 Å². The molecule has 0 unspecified atom stereocenters. The monoisotopic (exact) mass is 426 g/mol. The molecule has 5 nitrogen and oxygen atoms in total. The fourth-order valence-corrected chi connectivity index (χ4v) is 4.17. The summed E-state index contributed by atoms with van der Waals surface area (Å²) in [6.45, 7) is 8.28. The summed E-state index contributed by atoms with van der Waals surface area (Å²) < 4.78 is 22.4. The van der Waals surface area contributed by atoms with Crippen molar-refractivity contribution < 1.29 is 18.6 Å². The molecule has 0 amide bonds. The lowest BCUT2D eigenvalue weighted by Gasteiger charge is -2.17. The summed E-state index contributed by atoms with van der Waals surface area (Å²) in [5.41, 5.74) is 2.27. The zero-order valence-corrected chi connectivity index (χ0v) is 19.4. The van der Waals surface area contributed by atoms with Crippen LogP contribution < -0.4 is 15.1 Å². The molecule has 0 atom stereocenters. The maximum absolute atomic E-state index is 13.0. The van der Waals surface area contributed by atoms with Crippen LogP contribution in [-0.4, -0.2) is 35.5 Å². The van der Waals surface area contributed by atoms with E-state index in [1.165, 1.54) is 0 Å². The first kappa shape index (κ1) is 22.1. The van der Waals surface area contributed by atoms with Crippen LogP contribution in [0.5, 0.6) is 11.5 Å². The van der Waals surface area contributed by atoms with Crippen LogP contribution in [0.4, 0.5) is 0 Å². The molecule has 30 heavy (non-hydrogen) atoms. The van der Waals surface area contributed by atoms with E-state index < -0.39 is 13.7 Å². The molecule has 0 N–H and O–H groups in total. The van der Waals surface area contributed by atoms with E-state index in [0.29, 0.717) is 35.7 Å². The minimum Gasteiger partial charge on any atom is -0.497 e. The Morgan fingerprint density at radius 3 is 2.43 bits per heavy atom. The van der Waals surface area contributed by atoms with Crippen molar-refractivity contribution in [2.75, 3.05) is 27.4 Å². The molecule has 1 heterocycles. The van der Waals surface area contributed by atoms with E-state index in [1.54, 1.807) is 20.3 Å². The van der Waals surface area contributed by atoms with Crippen LogP contribution in [0.15, 0.2) is 51.7 Å². The van der Waals surface area contributed by atoms with Crippen molar-refractivity contribution in [3.63, 3.8) is 0 Å². The molecular weight excluding hydrogens is 396 g/mol. The van der Waals surface area contributed by atoms with E-state index in [-0.39, 0.29) is 0 Å². The maximum atomic E-state index is 13.0. The molecule has 3 aromatic rings. The van der Waals surface area contributed by atoms with Crippen LogP contribution in [0, 0.1) is 0 Å². The van der Waals surface area contributed by atoms with Gasteiger partial charge in [0.05, 0.1) is 26.4 Å². The van der Waals surface area contributed by atoms with Crippen LogP contribution >= 0.6 is 0 Å². The van der Waals surface area contributed by atoms with Gasteiger partial charge in [0.1, 0.15) is 17.1 Å². The third-order valence-electron chi connectivity index (χ3n) is 5.09. The van der Waals surface area contributed by atoms with Crippen LogP contribution in [0.3, 0.4) is 0 Å². The van der Waals surface area contributed by atoms with E-state index in [4.69, 9.17) is 18.6 Å². The largest absolute Gasteiger partial charge is 0.497 e. The van der Waals surface area contributed by atoms with Gasteiger partial charge in [0.25, 0.3) is 0 Å². The highest BCUT2D eigenvalue weighted by Gasteiger charge is 2.20. The first-order valence-corrected chi connectivity index (χ1v) is 13.9. The number of benzene rings is 2. The quantitative estimate of drug-likeness (QED) is 0.261. The minimum atomic E-state index is -1.15. The Morgan fingerprint density at radius 1 is 0.967 bits per heavy atom. The molecule has 0 saturated heterocycles. The molecule has 6 heteroatoms. The van der Waals surface area contributed by atoms with Crippen molar-refractivity contribution in [1.29, 1.82) is 0 Å². The van der Waals surface area contributed by atoms with Crippen molar-refractivity contribution in [2.24, 2.45) is 0 Å². The summed E-state index contributed by atoms with van der Waals surface area (Å²) in [6, 6.07) is 14.2. The Kier molecular flexibility index (Phi) is 7.00. The second-order valence-electron chi connectivity index (χ2n) is 8.48. The summed E-state index contributed by atoms with van der Waals surface area (Å²) in [5, 5.41) is 0.880. The predicted octanol–water partition coefficient (Wildman–Crippen LogP) is 5.37. The molecule has 0 saturated carbocycles. The van der Waals surface area contributed by atoms with Crippen molar-refractivity contribution in [3.05, 3.63) is 58.4 Å². The Morgan fingerprint density at radius 2 is 1.73 bits per heavy atom. The summed E-state index contributed by atoms with van der Waals surface area (Å²) in [6.07, 6.45) is 0.605.